The molecule has 0 unspecified atom stereocenters. The van der Waals surface area contributed by atoms with E-state index in [-0.39, 0.29) is 22.8 Å². The minimum atomic E-state index is -0.520. The average Bonchev–Trinajstić information content (AvgIpc) is 2.99. The molecular formula is C19H23Cl2N7O2. The Hall–Kier alpha value is -2.62. The Bertz CT molecular complexity index is 1050. The number of aryl methyl sites for hydroxylation is 2. The molecule has 3 rings (SSSR count). The maximum Gasteiger partial charge on any atom is 0.337 e. The second-order valence-electron chi connectivity index (χ2n) is 7.05. The van der Waals surface area contributed by atoms with Gasteiger partial charge in [0.15, 0.2) is 0 Å². The lowest BCUT2D eigenvalue weighted by molar-refractivity contribution is 0.254. The number of hydrogen-bond donors (Lipinski definition) is 4. The zero-order valence-electron chi connectivity index (χ0n) is 16.8. The number of aliphatic hydroxyl groups excluding tert-OH is 1. The Morgan fingerprint density at radius 2 is 1.90 bits per heavy atom. The highest BCUT2D eigenvalue weighted by Gasteiger charge is 2.17. The standard InChI is InChI=1S/C19H23Cl2N7O2/c1-10(2)12-9-16(24-17-13(5-4-6-29)27-28(3)18(12)17)25-26-19(30)22-11-7-14(20)23-15(21)8-11/h7-10,29H,4-6H2,1-3H3,(H,24,25)(H2,22,23,26,30). The summed E-state index contributed by atoms with van der Waals surface area (Å²) < 4.78 is 1.81. The smallest absolute Gasteiger partial charge is 0.337 e. The number of hydrogen-bond acceptors (Lipinski definition) is 6. The van der Waals surface area contributed by atoms with Crippen molar-refractivity contribution in [3.63, 3.8) is 0 Å². The first-order chi connectivity index (χ1) is 14.3. The lowest BCUT2D eigenvalue weighted by Crippen LogP contribution is -2.34. The van der Waals surface area contributed by atoms with Gasteiger partial charge in [-0.2, -0.15) is 5.10 Å². The fraction of sp³-hybridized carbons (Fsp3) is 0.368. The number of hydrazine groups is 1. The molecular weight excluding hydrogens is 429 g/mol. The summed E-state index contributed by atoms with van der Waals surface area (Å²) in [5.41, 5.74) is 9.32. The molecule has 0 fully saturated rings. The molecule has 0 saturated heterocycles. The van der Waals surface area contributed by atoms with Crippen molar-refractivity contribution in [2.45, 2.75) is 32.6 Å². The van der Waals surface area contributed by atoms with E-state index in [0.717, 1.165) is 22.3 Å². The van der Waals surface area contributed by atoms with Gasteiger partial charge in [0.2, 0.25) is 0 Å². The zero-order valence-corrected chi connectivity index (χ0v) is 18.3. The van der Waals surface area contributed by atoms with Gasteiger partial charge >= 0.3 is 6.03 Å². The summed E-state index contributed by atoms with van der Waals surface area (Å²) in [5.74, 6) is 0.692. The van der Waals surface area contributed by atoms with Crippen molar-refractivity contribution in [1.82, 2.24) is 25.2 Å². The number of pyridine rings is 2. The number of amides is 2. The Balaban J connectivity index is 1.82. The number of fused-ring (bicyclic) bond motifs is 1. The molecule has 0 saturated carbocycles. The summed E-state index contributed by atoms with van der Waals surface area (Å²) in [6, 6.07) is 4.33. The van der Waals surface area contributed by atoms with Crippen LogP contribution in [0.2, 0.25) is 10.3 Å². The molecule has 9 nitrogen and oxygen atoms in total. The summed E-state index contributed by atoms with van der Waals surface area (Å²) in [6.07, 6.45) is 1.21. The van der Waals surface area contributed by atoms with Crippen molar-refractivity contribution in [2.24, 2.45) is 7.05 Å². The molecule has 4 N–H and O–H groups in total. The van der Waals surface area contributed by atoms with Gasteiger partial charge in [-0.3, -0.25) is 15.5 Å². The molecule has 0 spiro atoms. The summed E-state index contributed by atoms with van der Waals surface area (Å²) in [7, 11) is 1.88. The molecule has 0 atom stereocenters. The lowest BCUT2D eigenvalue weighted by Gasteiger charge is -2.13. The topological polar surface area (TPSA) is 117 Å². The molecule has 0 aliphatic carbocycles. The summed E-state index contributed by atoms with van der Waals surface area (Å²) in [5, 5.41) is 16.7. The van der Waals surface area contributed by atoms with Gasteiger partial charge in [0.05, 0.1) is 11.2 Å². The van der Waals surface area contributed by atoms with Crippen LogP contribution in [0.25, 0.3) is 11.0 Å². The van der Waals surface area contributed by atoms with Crippen molar-refractivity contribution in [3.8, 4) is 0 Å². The quantitative estimate of drug-likeness (QED) is 0.320. The Kier molecular flexibility index (Phi) is 6.96. The molecule has 2 amide bonds. The third-order valence-electron chi connectivity index (χ3n) is 4.41. The molecule has 160 valence electrons. The van der Waals surface area contributed by atoms with E-state index in [2.05, 4.69) is 45.1 Å². The second kappa shape index (κ2) is 9.46. The normalized spacial score (nSPS) is 11.2. The Labute approximate surface area is 183 Å². The number of anilines is 2. The molecule has 3 heterocycles. The minimum absolute atomic E-state index is 0.0812. The van der Waals surface area contributed by atoms with Gasteiger partial charge in [0.25, 0.3) is 0 Å². The highest BCUT2D eigenvalue weighted by molar-refractivity contribution is 6.33. The van der Waals surface area contributed by atoms with E-state index in [1.807, 2.05) is 17.8 Å². The van der Waals surface area contributed by atoms with Crippen LogP contribution in [-0.4, -0.2) is 37.5 Å². The van der Waals surface area contributed by atoms with Crippen LogP contribution >= 0.6 is 23.2 Å². The number of carbonyl (C=O) groups excluding carboxylic acids is 1. The number of halogens is 2. The SMILES string of the molecule is CC(C)c1cc(NNC(=O)Nc2cc(Cl)nc(Cl)c2)nc2c(CCCO)nn(C)c12. The van der Waals surface area contributed by atoms with Crippen LogP contribution in [0.15, 0.2) is 18.2 Å². The van der Waals surface area contributed by atoms with Gasteiger partial charge in [-0.05, 0) is 42.5 Å². The van der Waals surface area contributed by atoms with Crippen molar-refractivity contribution in [3.05, 3.63) is 39.8 Å². The van der Waals surface area contributed by atoms with Crippen LogP contribution in [0.3, 0.4) is 0 Å². The maximum absolute atomic E-state index is 12.2. The van der Waals surface area contributed by atoms with Crippen LogP contribution in [0.5, 0.6) is 0 Å². The lowest BCUT2D eigenvalue weighted by atomic mass is 10.0. The van der Waals surface area contributed by atoms with E-state index in [0.29, 0.717) is 24.3 Å². The van der Waals surface area contributed by atoms with Crippen molar-refractivity contribution >= 4 is 51.8 Å². The summed E-state index contributed by atoms with van der Waals surface area (Å²) in [6.45, 7) is 4.24. The van der Waals surface area contributed by atoms with Crippen molar-refractivity contribution in [1.29, 1.82) is 0 Å². The fourth-order valence-corrected chi connectivity index (χ4v) is 3.58. The van der Waals surface area contributed by atoms with Crippen LogP contribution in [0.4, 0.5) is 16.3 Å². The average molecular weight is 452 g/mol. The Morgan fingerprint density at radius 1 is 1.20 bits per heavy atom. The fourth-order valence-electron chi connectivity index (χ4n) is 3.12. The van der Waals surface area contributed by atoms with Crippen LogP contribution in [0, 0.1) is 0 Å². The predicted octanol–water partition coefficient (Wildman–Crippen LogP) is 3.87. The summed E-state index contributed by atoms with van der Waals surface area (Å²) in [4.78, 5) is 20.7. The first-order valence-electron chi connectivity index (χ1n) is 9.42. The molecule has 3 aromatic heterocycles. The van der Waals surface area contributed by atoms with E-state index in [4.69, 9.17) is 28.3 Å². The van der Waals surface area contributed by atoms with Gasteiger partial charge in [-0.1, -0.05) is 37.0 Å². The second-order valence-corrected chi connectivity index (χ2v) is 7.83. The van der Waals surface area contributed by atoms with E-state index in [1.54, 1.807) is 0 Å². The molecule has 3 aromatic rings. The molecule has 0 bridgehead atoms. The third-order valence-corrected chi connectivity index (χ3v) is 4.80. The molecule has 0 aliphatic rings. The molecule has 0 radical (unpaired) electrons. The number of aliphatic hydroxyl groups is 1. The molecule has 0 aromatic carbocycles. The number of nitrogens with zero attached hydrogens (tertiary/aromatic N) is 4. The highest BCUT2D eigenvalue weighted by atomic mass is 35.5. The van der Waals surface area contributed by atoms with Crippen LogP contribution in [-0.2, 0) is 13.5 Å². The monoisotopic (exact) mass is 451 g/mol. The third kappa shape index (κ3) is 5.10. The van der Waals surface area contributed by atoms with Crippen LogP contribution in [0.1, 0.15) is 37.4 Å². The predicted molar refractivity (Wildman–Crippen MR) is 118 cm³/mol. The number of nitrogens with one attached hydrogen (secondary N) is 3. The van der Waals surface area contributed by atoms with E-state index >= 15 is 0 Å². The Morgan fingerprint density at radius 3 is 2.53 bits per heavy atom. The van der Waals surface area contributed by atoms with Crippen LogP contribution < -0.4 is 16.2 Å². The first kappa shape index (κ1) is 22.1. The molecule has 30 heavy (non-hydrogen) atoms. The minimum Gasteiger partial charge on any atom is -0.396 e. The van der Waals surface area contributed by atoms with Crippen molar-refractivity contribution in [2.75, 3.05) is 17.3 Å². The van der Waals surface area contributed by atoms with Crippen molar-refractivity contribution < 1.29 is 9.90 Å². The van der Waals surface area contributed by atoms with E-state index < -0.39 is 6.03 Å². The largest absolute Gasteiger partial charge is 0.396 e. The highest BCUT2D eigenvalue weighted by Crippen LogP contribution is 2.29. The van der Waals surface area contributed by atoms with Gasteiger partial charge in [-0.25, -0.2) is 14.8 Å². The first-order valence-corrected chi connectivity index (χ1v) is 10.2. The van der Waals surface area contributed by atoms with E-state index in [1.165, 1.54) is 12.1 Å². The summed E-state index contributed by atoms with van der Waals surface area (Å²) >= 11 is 11.7. The van der Waals surface area contributed by atoms with Gasteiger partial charge in [0.1, 0.15) is 21.6 Å². The van der Waals surface area contributed by atoms with Gasteiger partial charge in [0, 0.05) is 19.3 Å². The number of urea groups is 1. The zero-order chi connectivity index (χ0) is 21.8. The molecule has 11 heteroatoms. The van der Waals surface area contributed by atoms with E-state index in [9.17, 15) is 4.79 Å². The molecule has 0 aliphatic heterocycles. The van der Waals surface area contributed by atoms with Gasteiger partial charge < -0.3 is 10.4 Å². The number of carbonyl (C=O) groups is 1. The maximum atomic E-state index is 12.2. The number of rotatable bonds is 7. The van der Waals surface area contributed by atoms with Gasteiger partial charge in [-0.15, -0.1) is 0 Å². The number of aromatic nitrogens is 4.